The molecule has 0 amide bonds. The molecule has 0 spiro atoms. The summed E-state index contributed by atoms with van der Waals surface area (Å²) < 4.78 is 11.0. The average Bonchev–Trinajstić information content (AvgIpc) is 2.52. The van der Waals surface area contributed by atoms with Gasteiger partial charge in [-0.05, 0) is 41.4 Å². The highest BCUT2D eigenvalue weighted by Gasteiger charge is 2.37. The van der Waals surface area contributed by atoms with Gasteiger partial charge in [-0.2, -0.15) is 5.26 Å². The van der Waals surface area contributed by atoms with Crippen LogP contribution in [0.1, 0.15) is 25.3 Å². The van der Waals surface area contributed by atoms with Gasteiger partial charge in [0.05, 0.1) is 28.1 Å². The van der Waals surface area contributed by atoms with Crippen molar-refractivity contribution in [1.29, 1.82) is 5.26 Å². The van der Waals surface area contributed by atoms with Crippen molar-refractivity contribution in [2.45, 2.75) is 19.8 Å². The maximum Gasteiger partial charge on any atom is 0.338 e. The smallest absolute Gasteiger partial charge is 0.338 e. The monoisotopic (exact) mass is 430 g/mol. The molecule has 24 heavy (non-hydrogen) atoms. The van der Waals surface area contributed by atoms with Crippen LogP contribution >= 0.6 is 39.1 Å². The van der Waals surface area contributed by atoms with Crippen LogP contribution in [0.15, 0.2) is 39.4 Å². The number of benzene rings is 1. The van der Waals surface area contributed by atoms with Crippen LogP contribution in [0, 0.1) is 11.3 Å². The Bertz CT molecular complexity index is 812. The molecule has 2 N–H and O–H groups in total. The van der Waals surface area contributed by atoms with Crippen molar-refractivity contribution in [2.24, 2.45) is 5.73 Å². The summed E-state index contributed by atoms with van der Waals surface area (Å²) >= 11 is 15.8. The molecule has 0 aromatic heterocycles. The van der Waals surface area contributed by atoms with Gasteiger partial charge in [0.15, 0.2) is 0 Å². The van der Waals surface area contributed by atoms with E-state index in [1.54, 1.807) is 26.0 Å². The lowest BCUT2D eigenvalue weighted by atomic mass is 9.83. The maximum absolute atomic E-state index is 12.4. The first-order valence-corrected chi connectivity index (χ1v) is 8.47. The molecule has 1 atom stereocenters. The van der Waals surface area contributed by atoms with Crippen LogP contribution in [0.3, 0.4) is 0 Å². The van der Waals surface area contributed by atoms with E-state index in [0.717, 1.165) is 0 Å². The fourth-order valence-corrected chi connectivity index (χ4v) is 3.32. The zero-order valence-electron chi connectivity index (χ0n) is 12.8. The Morgan fingerprint density at radius 1 is 1.46 bits per heavy atom. The normalized spacial score (nSPS) is 17.4. The molecule has 0 fully saturated rings. The van der Waals surface area contributed by atoms with E-state index < -0.39 is 11.9 Å². The van der Waals surface area contributed by atoms with Gasteiger partial charge >= 0.3 is 5.97 Å². The molecule has 1 aromatic rings. The Balaban J connectivity index is 2.72. The Hall–Kier alpha value is -1.68. The number of ether oxygens (including phenoxy) is 2. The van der Waals surface area contributed by atoms with E-state index in [9.17, 15) is 10.1 Å². The van der Waals surface area contributed by atoms with Gasteiger partial charge in [0.25, 0.3) is 0 Å². The number of nitriles is 1. The van der Waals surface area contributed by atoms with Gasteiger partial charge in [-0.25, -0.2) is 4.79 Å². The molecule has 1 aliphatic rings. The average molecular weight is 432 g/mol. The number of halogens is 3. The molecule has 0 saturated heterocycles. The lowest BCUT2D eigenvalue weighted by Crippen LogP contribution is -2.25. The second-order valence-corrected chi connectivity index (χ2v) is 6.49. The third kappa shape index (κ3) is 3.25. The summed E-state index contributed by atoms with van der Waals surface area (Å²) in [7, 11) is 0. The second kappa shape index (κ2) is 7.47. The van der Waals surface area contributed by atoms with Crippen LogP contribution in [0.5, 0.6) is 0 Å². The highest BCUT2D eigenvalue weighted by atomic mass is 79.9. The predicted molar refractivity (Wildman–Crippen MR) is 94.1 cm³/mol. The minimum atomic E-state index is -0.819. The zero-order valence-corrected chi connectivity index (χ0v) is 15.9. The first-order chi connectivity index (χ1) is 11.3. The van der Waals surface area contributed by atoms with Gasteiger partial charge in [-0.1, -0.05) is 29.3 Å². The zero-order chi connectivity index (χ0) is 18.0. The number of hydrogen-bond donors (Lipinski definition) is 1. The minimum absolute atomic E-state index is 0.0731. The fraction of sp³-hybridized carbons (Fsp3) is 0.250. The van der Waals surface area contributed by atoms with E-state index in [0.29, 0.717) is 10.0 Å². The van der Waals surface area contributed by atoms with Crippen molar-refractivity contribution in [2.75, 3.05) is 6.61 Å². The summed E-state index contributed by atoms with van der Waals surface area (Å²) in [5, 5.41) is 9.99. The molecular formula is C16H13BrCl2N2O3. The number of rotatable bonds is 3. The molecule has 2 rings (SSSR count). The van der Waals surface area contributed by atoms with Gasteiger partial charge < -0.3 is 15.2 Å². The lowest BCUT2D eigenvalue weighted by molar-refractivity contribution is -0.139. The summed E-state index contributed by atoms with van der Waals surface area (Å²) in [5.41, 5.74) is 6.54. The highest BCUT2D eigenvalue weighted by molar-refractivity contribution is 9.10. The van der Waals surface area contributed by atoms with E-state index in [-0.39, 0.29) is 39.4 Å². The predicted octanol–water partition coefficient (Wildman–Crippen LogP) is 4.40. The summed E-state index contributed by atoms with van der Waals surface area (Å²) in [6.07, 6.45) is 0. The van der Waals surface area contributed by atoms with Crippen molar-refractivity contribution in [3.8, 4) is 6.07 Å². The summed E-state index contributed by atoms with van der Waals surface area (Å²) in [6.45, 7) is 3.44. The molecule has 0 radical (unpaired) electrons. The van der Waals surface area contributed by atoms with Crippen LogP contribution < -0.4 is 5.73 Å². The number of hydrogen-bond acceptors (Lipinski definition) is 5. The molecule has 0 aliphatic carbocycles. The Kier molecular flexibility index (Phi) is 5.81. The van der Waals surface area contributed by atoms with Crippen LogP contribution in [-0.4, -0.2) is 12.6 Å². The van der Waals surface area contributed by atoms with Gasteiger partial charge in [0.2, 0.25) is 5.88 Å². The van der Waals surface area contributed by atoms with Gasteiger partial charge in [-0.3, -0.25) is 0 Å². The summed E-state index contributed by atoms with van der Waals surface area (Å²) in [6, 6.07) is 5.34. The molecule has 0 saturated carbocycles. The molecule has 8 heteroatoms. The lowest BCUT2D eigenvalue weighted by Gasteiger charge is -2.27. The van der Waals surface area contributed by atoms with E-state index in [2.05, 4.69) is 15.9 Å². The number of nitrogens with two attached hydrogens (primary N) is 1. The first kappa shape index (κ1) is 18.7. The standard InChI is InChI=1S/C16H13BrCl2N2O3/c1-3-23-16(22)11-7(2)24-15(21)9(6-20)12(11)8-4-5-10(17)14(19)13(8)18/h4-5,12H,3,21H2,1-2H3. The Morgan fingerprint density at radius 3 is 2.71 bits per heavy atom. The van der Waals surface area contributed by atoms with Crippen LogP contribution in [-0.2, 0) is 14.3 Å². The summed E-state index contributed by atoms with van der Waals surface area (Å²) in [5.74, 6) is -1.25. The maximum atomic E-state index is 12.4. The molecule has 1 aromatic carbocycles. The van der Waals surface area contributed by atoms with Crippen LogP contribution in [0.2, 0.25) is 10.0 Å². The largest absolute Gasteiger partial charge is 0.463 e. The first-order valence-electron chi connectivity index (χ1n) is 6.92. The summed E-state index contributed by atoms with van der Waals surface area (Å²) in [4.78, 5) is 12.4. The third-order valence-electron chi connectivity index (χ3n) is 3.48. The van der Waals surface area contributed by atoms with E-state index in [4.69, 9.17) is 38.4 Å². The number of allylic oxidation sites excluding steroid dienone is 2. The van der Waals surface area contributed by atoms with Crippen molar-refractivity contribution >= 4 is 45.1 Å². The van der Waals surface area contributed by atoms with Crippen molar-refractivity contribution in [1.82, 2.24) is 0 Å². The molecule has 0 bridgehead atoms. The van der Waals surface area contributed by atoms with Gasteiger partial charge in [-0.15, -0.1) is 0 Å². The molecule has 1 aliphatic heterocycles. The topological polar surface area (TPSA) is 85.3 Å². The van der Waals surface area contributed by atoms with Crippen molar-refractivity contribution < 1.29 is 14.3 Å². The fourth-order valence-electron chi connectivity index (χ4n) is 2.43. The minimum Gasteiger partial charge on any atom is -0.463 e. The molecule has 126 valence electrons. The van der Waals surface area contributed by atoms with Crippen LogP contribution in [0.4, 0.5) is 0 Å². The third-order valence-corrected chi connectivity index (χ3v) is 5.26. The van der Waals surface area contributed by atoms with E-state index in [1.807, 2.05) is 6.07 Å². The number of carbonyl (C=O) groups excluding carboxylic acids is 1. The van der Waals surface area contributed by atoms with Crippen molar-refractivity contribution in [3.63, 3.8) is 0 Å². The highest BCUT2D eigenvalue weighted by Crippen LogP contribution is 2.45. The van der Waals surface area contributed by atoms with Crippen LogP contribution in [0.25, 0.3) is 0 Å². The number of nitrogens with zero attached hydrogens (tertiary/aromatic N) is 1. The molecule has 1 heterocycles. The molecule has 1 unspecified atom stereocenters. The van der Waals surface area contributed by atoms with E-state index in [1.165, 1.54) is 0 Å². The van der Waals surface area contributed by atoms with E-state index >= 15 is 0 Å². The Morgan fingerprint density at radius 2 is 2.12 bits per heavy atom. The van der Waals surface area contributed by atoms with Gasteiger partial charge in [0, 0.05) is 4.47 Å². The number of carbonyl (C=O) groups is 1. The van der Waals surface area contributed by atoms with Crippen molar-refractivity contribution in [3.05, 3.63) is 55.0 Å². The second-order valence-electron chi connectivity index (χ2n) is 4.88. The quantitative estimate of drug-likeness (QED) is 0.566. The molecular weight excluding hydrogens is 419 g/mol. The Labute approximate surface area is 157 Å². The number of esters is 1. The SMILES string of the molecule is CCOC(=O)C1=C(C)OC(N)=C(C#N)C1c1ccc(Br)c(Cl)c1Cl. The molecule has 5 nitrogen and oxygen atoms in total. The van der Waals surface area contributed by atoms with Gasteiger partial charge in [0.1, 0.15) is 17.4 Å².